The van der Waals surface area contributed by atoms with Gasteiger partial charge in [-0.1, -0.05) is 40.0 Å². The maximum absolute atomic E-state index is 13.1. The molecule has 37 heavy (non-hydrogen) atoms. The van der Waals surface area contributed by atoms with Gasteiger partial charge in [0.1, 0.15) is 24.2 Å². The number of aliphatic hydroxyl groups is 1. The third kappa shape index (κ3) is 6.36. The Morgan fingerprint density at radius 3 is 2.46 bits per heavy atom. The summed E-state index contributed by atoms with van der Waals surface area (Å²) in [6.07, 6.45) is -3.91. The number of aromatic nitrogens is 4. The molecule has 0 aliphatic carbocycles. The molecule has 0 aliphatic heterocycles. The molecule has 1 aromatic carbocycles. The third-order valence-electron chi connectivity index (χ3n) is 4.66. The van der Waals surface area contributed by atoms with E-state index in [1.165, 1.54) is 18.3 Å². The predicted molar refractivity (Wildman–Crippen MR) is 123 cm³/mol. The molecule has 0 amide bonds. The summed E-state index contributed by atoms with van der Waals surface area (Å²) >= 11 is 18.4. The third-order valence-corrected chi connectivity index (χ3v) is 6.11. The lowest BCUT2D eigenvalue weighted by Gasteiger charge is -2.17. The highest BCUT2D eigenvalue weighted by Gasteiger charge is 2.32. The summed E-state index contributed by atoms with van der Waals surface area (Å²) in [7, 11) is -4.86. The molecule has 3 heterocycles. The number of phosphoric acid groups is 1. The number of halogens is 6. The SMILES string of the molecule is O=P(O)(O)O[C@@H](CO)COc1cc(Cl)c(-c2noc(-c3cn4cc(C(F)(F)F)cc(Cl)c4n3)n2)cc1Cl. The first kappa shape index (κ1) is 27.6. The molecule has 18 heteroatoms. The van der Waals surface area contributed by atoms with Gasteiger partial charge in [0.15, 0.2) is 5.65 Å². The molecule has 3 N–H and O–H groups in total. The largest absolute Gasteiger partial charge is 0.489 e. The Kier molecular flexibility index (Phi) is 7.75. The molecule has 11 nitrogen and oxygen atoms in total. The first-order valence-corrected chi connectivity index (χ1v) is 12.5. The second-order valence-electron chi connectivity index (χ2n) is 7.33. The molecule has 3 aromatic heterocycles. The van der Waals surface area contributed by atoms with Crippen molar-refractivity contribution in [3.63, 3.8) is 0 Å². The number of aliphatic hydroxyl groups excluding tert-OH is 1. The van der Waals surface area contributed by atoms with E-state index in [1.807, 2.05) is 0 Å². The second-order valence-corrected chi connectivity index (χ2v) is 9.74. The minimum atomic E-state index is -4.86. The Hall–Kier alpha value is -2.42. The Labute approximate surface area is 219 Å². The number of phosphoric ester groups is 1. The first-order chi connectivity index (χ1) is 17.2. The number of benzene rings is 1. The van der Waals surface area contributed by atoms with Gasteiger partial charge < -0.3 is 28.6 Å². The lowest BCUT2D eigenvalue weighted by molar-refractivity contribution is -0.137. The van der Waals surface area contributed by atoms with Crippen molar-refractivity contribution in [2.24, 2.45) is 0 Å². The highest BCUT2D eigenvalue weighted by molar-refractivity contribution is 7.46. The van der Waals surface area contributed by atoms with Crippen molar-refractivity contribution in [3.05, 3.63) is 51.2 Å². The smallest absolute Gasteiger partial charge is 0.470 e. The van der Waals surface area contributed by atoms with Crippen LogP contribution >= 0.6 is 42.6 Å². The molecule has 4 rings (SSSR count). The Morgan fingerprint density at radius 2 is 1.81 bits per heavy atom. The normalized spacial score (nSPS) is 13.3. The van der Waals surface area contributed by atoms with E-state index in [1.54, 1.807) is 0 Å². The van der Waals surface area contributed by atoms with E-state index in [9.17, 15) is 22.8 Å². The van der Waals surface area contributed by atoms with Crippen LogP contribution in [0.1, 0.15) is 5.56 Å². The van der Waals surface area contributed by atoms with Crippen LogP contribution < -0.4 is 4.74 Å². The molecule has 198 valence electrons. The Morgan fingerprint density at radius 1 is 1.08 bits per heavy atom. The minimum absolute atomic E-state index is 0.00203. The Balaban J connectivity index is 1.58. The molecule has 0 unspecified atom stereocenters. The zero-order valence-corrected chi connectivity index (χ0v) is 21.0. The van der Waals surface area contributed by atoms with Crippen molar-refractivity contribution in [1.82, 2.24) is 19.5 Å². The van der Waals surface area contributed by atoms with Gasteiger partial charge in [-0.3, -0.25) is 4.52 Å². The van der Waals surface area contributed by atoms with Gasteiger partial charge in [0.25, 0.3) is 5.89 Å². The van der Waals surface area contributed by atoms with E-state index >= 15 is 0 Å². The quantitative estimate of drug-likeness (QED) is 0.238. The Bertz CT molecular complexity index is 1510. The molecular weight excluding hydrogens is 591 g/mol. The number of imidazole rings is 1. The van der Waals surface area contributed by atoms with Crippen LogP contribution in [0.5, 0.6) is 5.75 Å². The van der Waals surface area contributed by atoms with Gasteiger partial charge in [0.05, 0.1) is 27.2 Å². The fourth-order valence-corrected chi connectivity index (χ4v) is 4.29. The summed E-state index contributed by atoms with van der Waals surface area (Å²) in [6, 6.07) is 3.34. The van der Waals surface area contributed by atoms with Crippen molar-refractivity contribution >= 4 is 48.3 Å². The van der Waals surface area contributed by atoms with Gasteiger partial charge in [-0.25, -0.2) is 9.55 Å². The van der Waals surface area contributed by atoms with Crippen LogP contribution in [0.4, 0.5) is 13.2 Å². The second kappa shape index (κ2) is 10.4. The van der Waals surface area contributed by atoms with Crippen LogP contribution in [0.3, 0.4) is 0 Å². The molecule has 0 radical (unpaired) electrons. The van der Waals surface area contributed by atoms with E-state index < -0.39 is 38.9 Å². The van der Waals surface area contributed by atoms with Crippen molar-refractivity contribution < 1.29 is 46.4 Å². The molecule has 4 aromatic rings. The van der Waals surface area contributed by atoms with E-state index in [4.69, 9.17) is 53.8 Å². The highest BCUT2D eigenvalue weighted by Crippen LogP contribution is 2.39. The van der Waals surface area contributed by atoms with Crippen LogP contribution in [0.15, 0.2) is 35.1 Å². The number of fused-ring (bicyclic) bond motifs is 1. The van der Waals surface area contributed by atoms with Crippen LogP contribution in [0, 0.1) is 0 Å². The summed E-state index contributed by atoms with van der Waals surface area (Å²) in [5.41, 5.74) is -0.694. The van der Waals surface area contributed by atoms with E-state index in [-0.39, 0.29) is 49.4 Å². The van der Waals surface area contributed by atoms with E-state index in [2.05, 4.69) is 19.6 Å². The standard InChI is InChI=1S/C19H13Cl3F3N4O7P/c20-11-3-15(34-7-9(6-30)36-37(31,32)33)12(21)2-10(11)16-27-18(35-28-16)14-5-29-4-8(19(23,24)25)1-13(22)17(29)26-14/h1-5,9,30H,6-7H2,(H2,31,32,33)/t9-/m0/s1. The molecule has 0 bridgehead atoms. The molecule has 0 spiro atoms. The maximum Gasteiger partial charge on any atom is 0.470 e. The number of nitrogens with zero attached hydrogens (tertiary/aromatic N) is 4. The molecular formula is C19H13Cl3F3N4O7P. The molecule has 1 atom stereocenters. The van der Waals surface area contributed by atoms with Crippen LogP contribution in [-0.4, -0.2) is 53.7 Å². The number of ether oxygens (including phenoxy) is 1. The molecule has 0 fully saturated rings. The predicted octanol–water partition coefficient (Wildman–Crippen LogP) is 4.88. The summed E-state index contributed by atoms with van der Waals surface area (Å²) in [5, 5.41) is 12.8. The van der Waals surface area contributed by atoms with Crippen LogP contribution in [0.25, 0.3) is 28.6 Å². The van der Waals surface area contributed by atoms with Crippen LogP contribution in [0.2, 0.25) is 15.1 Å². The number of pyridine rings is 1. The highest BCUT2D eigenvalue weighted by atomic mass is 35.5. The van der Waals surface area contributed by atoms with Crippen molar-refractivity contribution in [2.75, 3.05) is 13.2 Å². The summed E-state index contributed by atoms with van der Waals surface area (Å²) < 4.78 is 66.1. The van der Waals surface area contributed by atoms with Crippen LogP contribution in [-0.2, 0) is 15.3 Å². The first-order valence-electron chi connectivity index (χ1n) is 9.81. The van der Waals surface area contributed by atoms with Gasteiger partial charge in [-0.15, -0.1) is 0 Å². The average molecular weight is 604 g/mol. The molecule has 0 saturated heterocycles. The zero-order chi connectivity index (χ0) is 27.1. The van der Waals surface area contributed by atoms with Crippen molar-refractivity contribution in [1.29, 1.82) is 0 Å². The van der Waals surface area contributed by atoms with Crippen molar-refractivity contribution in [2.45, 2.75) is 12.3 Å². The fourth-order valence-electron chi connectivity index (χ4n) is 3.06. The molecule has 0 saturated carbocycles. The van der Waals surface area contributed by atoms with E-state index in [0.717, 1.165) is 16.7 Å². The fraction of sp³-hybridized carbons (Fsp3) is 0.211. The number of alkyl halides is 3. The average Bonchev–Trinajstić information content (AvgIpc) is 3.44. The monoisotopic (exact) mass is 602 g/mol. The number of hydrogen-bond donors (Lipinski definition) is 3. The van der Waals surface area contributed by atoms with Gasteiger partial charge in [0, 0.05) is 24.0 Å². The van der Waals surface area contributed by atoms with E-state index in [0.29, 0.717) is 0 Å². The molecule has 0 aliphatic rings. The van der Waals surface area contributed by atoms with Gasteiger partial charge >= 0.3 is 14.0 Å². The van der Waals surface area contributed by atoms with Gasteiger partial charge in [-0.2, -0.15) is 18.2 Å². The lowest BCUT2D eigenvalue weighted by Crippen LogP contribution is -2.24. The summed E-state index contributed by atoms with van der Waals surface area (Å²) in [5.74, 6) is -0.177. The van der Waals surface area contributed by atoms with Crippen molar-refractivity contribution in [3.8, 4) is 28.7 Å². The number of rotatable bonds is 8. The zero-order valence-electron chi connectivity index (χ0n) is 17.9. The summed E-state index contributed by atoms with van der Waals surface area (Å²) in [6.45, 7) is -1.21. The topological polar surface area (TPSA) is 152 Å². The van der Waals surface area contributed by atoms with Gasteiger partial charge in [-0.05, 0) is 12.1 Å². The number of hydrogen-bond acceptors (Lipinski definition) is 8. The lowest BCUT2D eigenvalue weighted by atomic mass is 10.2. The van der Waals surface area contributed by atoms with Gasteiger partial charge in [0.2, 0.25) is 5.82 Å². The summed E-state index contributed by atoms with van der Waals surface area (Å²) in [4.78, 5) is 26.0. The minimum Gasteiger partial charge on any atom is -0.489 e. The maximum atomic E-state index is 13.1.